The Labute approximate surface area is 110 Å². The van der Waals surface area contributed by atoms with E-state index in [9.17, 15) is 9.18 Å². The molecule has 0 saturated heterocycles. The van der Waals surface area contributed by atoms with Crippen LogP contribution in [0, 0.1) is 5.41 Å². The fraction of sp³-hybridized carbons (Fsp3) is 0.538. The summed E-state index contributed by atoms with van der Waals surface area (Å²) in [6.45, 7) is -0.0951. The van der Waals surface area contributed by atoms with Crippen molar-refractivity contribution < 1.29 is 23.4 Å². The van der Waals surface area contributed by atoms with Gasteiger partial charge in [0.25, 0.3) is 0 Å². The lowest BCUT2D eigenvalue weighted by atomic mass is 10.1. The summed E-state index contributed by atoms with van der Waals surface area (Å²) in [6, 6.07) is 1.44. The van der Waals surface area contributed by atoms with E-state index in [2.05, 4.69) is 9.72 Å². The molecule has 1 aliphatic rings. The molecule has 6 heteroatoms. The van der Waals surface area contributed by atoms with E-state index in [1.54, 1.807) is 0 Å². The second-order valence-corrected chi connectivity index (χ2v) is 4.63. The number of aromatic nitrogens is 1. The molecule has 2 rings (SSSR count). The van der Waals surface area contributed by atoms with Crippen LogP contribution in [0.2, 0.25) is 0 Å². The number of hydrogen-bond donors (Lipinski definition) is 0. The number of methoxy groups -OCH3 is 2. The molecule has 0 aliphatic heterocycles. The Balaban J connectivity index is 2.10. The van der Waals surface area contributed by atoms with Crippen molar-refractivity contribution >= 4 is 5.97 Å². The highest BCUT2D eigenvalue weighted by Gasteiger charge is 2.44. The summed E-state index contributed by atoms with van der Waals surface area (Å²) < 4.78 is 28.0. The van der Waals surface area contributed by atoms with E-state index in [4.69, 9.17) is 9.47 Å². The number of esters is 1. The Morgan fingerprint density at radius 1 is 1.42 bits per heavy atom. The van der Waals surface area contributed by atoms with E-state index >= 15 is 0 Å². The molecule has 0 amide bonds. The molecule has 1 aromatic rings. The maximum absolute atomic E-state index is 12.7. The highest BCUT2D eigenvalue weighted by molar-refractivity contribution is 5.87. The van der Waals surface area contributed by atoms with Gasteiger partial charge in [-0.2, -0.15) is 0 Å². The number of nitrogens with zero attached hydrogens (tertiary/aromatic N) is 1. The number of rotatable bonds is 6. The minimum atomic E-state index is -0.549. The zero-order valence-electron chi connectivity index (χ0n) is 10.9. The number of carbonyl (C=O) groups is 1. The van der Waals surface area contributed by atoms with Gasteiger partial charge in [-0.25, -0.2) is 9.78 Å². The summed E-state index contributed by atoms with van der Waals surface area (Å²) in [6.07, 6.45) is 3.05. The number of carbonyl (C=O) groups excluding carboxylic acids is 1. The predicted octanol–water partition coefficient (Wildman–Crippen LogP) is 2.01. The number of ether oxygens (including phenoxy) is 3. The molecule has 1 fully saturated rings. The van der Waals surface area contributed by atoms with Gasteiger partial charge in [0.05, 0.1) is 33.7 Å². The molecule has 0 radical (unpaired) electrons. The highest BCUT2D eigenvalue weighted by Crippen LogP contribution is 2.46. The molecule has 1 heterocycles. The Morgan fingerprint density at radius 2 is 2.16 bits per heavy atom. The topological polar surface area (TPSA) is 57.7 Å². The number of pyridine rings is 1. The highest BCUT2D eigenvalue weighted by atomic mass is 19.1. The summed E-state index contributed by atoms with van der Waals surface area (Å²) in [7, 11) is 2.74. The van der Waals surface area contributed by atoms with E-state index in [-0.39, 0.29) is 17.8 Å². The average Bonchev–Trinajstić information content (AvgIpc) is 3.24. The van der Waals surface area contributed by atoms with Crippen LogP contribution in [0.1, 0.15) is 23.3 Å². The average molecular weight is 269 g/mol. The fourth-order valence-corrected chi connectivity index (χ4v) is 1.63. The van der Waals surface area contributed by atoms with Gasteiger partial charge in [-0.1, -0.05) is 0 Å². The lowest BCUT2D eigenvalue weighted by molar-refractivity contribution is 0.0593. The normalized spacial score (nSPS) is 15.7. The summed E-state index contributed by atoms with van der Waals surface area (Å²) in [5.74, 6) is 0.229. The molecule has 0 spiro atoms. The van der Waals surface area contributed by atoms with Gasteiger partial charge in [-0.05, 0) is 12.8 Å². The molecule has 0 unspecified atom stereocenters. The van der Waals surface area contributed by atoms with Crippen molar-refractivity contribution in [3.8, 4) is 11.5 Å². The molecule has 1 aromatic heterocycles. The van der Waals surface area contributed by atoms with Gasteiger partial charge >= 0.3 is 5.97 Å². The zero-order chi connectivity index (χ0) is 13.9. The Kier molecular flexibility index (Phi) is 3.87. The van der Waals surface area contributed by atoms with E-state index in [1.807, 2.05) is 0 Å². The minimum Gasteiger partial charge on any atom is -0.493 e. The van der Waals surface area contributed by atoms with Crippen molar-refractivity contribution in [3.05, 3.63) is 18.0 Å². The van der Waals surface area contributed by atoms with Crippen molar-refractivity contribution in [2.75, 3.05) is 27.5 Å². The van der Waals surface area contributed by atoms with Crippen LogP contribution in [0.3, 0.4) is 0 Å². The van der Waals surface area contributed by atoms with Gasteiger partial charge in [-0.15, -0.1) is 0 Å². The molecule has 19 heavy (non-hydrogen) atoms. The lowest BCUT2D eigenvalue weighted by Crippen LogP contribution is -2.15. The smallest absolute Gasteiger partial charge is 0.356 e. The molecule has 104 valence electrons. The monoisotopic (exact) mass is 269 g/mol. The van der Waals surface area contributed by atoms with Crippen molar-refractivity contribution in [1.29, 1.82) is 0 Å². The fourth-order valence-electron chi connectivity index (χ4n) is 1.63. The first kappa shape index (κ1) is 13.6. The largest absolute Gasteiger partial charge is 0.493 e. The van der Waals surface area contributed by atoms with Crippen LogP contribution in [-0.4, -0.2) is 38.5 Å². The van der Waals surface area contributed by atoms with Gasteiger partial charge in [0, 0.05) is 11.5 Å². The third-order valence-corrected chi connectivity index (χ3v) is 3.22. The van der Waals surface area contributed by atoms with E-state index < -0.39 is 5.97 Å². The van der Waals surface area contributed by atoms with Gasteiger partial charge in [0.15, 0.2) is 17.2 Å². The molecule has 1 aliphatic carbocycles. The van der Waals surface area contributed by atoms with E-state index in [0.717, 1.165) is 12.8 Å². The number of hydrogen-bond acceptors (Lipinski definition) is 5. The molecule has 0 N–H and O–H groups in total. The number of halogens is 1. The van der Waals surface area contributed by atoms with Gasteiger partial charge in [-0.3, -0.25) is 4.39 Å². The molecule has 5 nitrogen and oxygen atoms in total. The van der Waals surface area contributed by atoms with E-state index in [1.165, 1.54) is 26.5 Å². The lowest BCUT2D eigenvalue weighted by Gasteiger charge is -2.14. The van der Waals surface area contributed by atoms with Crippen LogP contribution >= 0.6 is 0 Å². The van der Waals surface area contributed by atoms with Crippen molar-refractivity contribution in [1.82, 2.24) is 4.98 Å². The zero-order valence-corrected chi connectivity index (χ0v) is 10.9. The van der Waals surface area contributed by atoms with Crippen molar-refractivity contribution in [3.63, 3.8) is 0 Å². The first-order chi connectivity index (χ1) is 9.14. The second-order valence-electron chi connectivity index (χ2n) is 4.63. The van der Waals surface area contributed by atoms with Crippen LogP contribution in [0.4, 0.5) is 4.39 Å². The van der Waals surface area contributed by atoms with Crippen LogP contribution in [0.5, 0.6) is 11.5 Å². The SMILES string of the molecule is COC(=O)c1cc(OC)c(OCC2(CF)CC2)cn1. The Bertz CT molecular complexity index is 474. The number of alkyl halides is 1. The quantitative estimate of drug-likeness (QED) is 0.739. The summed E-state index contributed by atoms with van der Waals surface area (Å²) in [5.41, 5.74) is -0.204. The van der Waals surface area contributed by atoms with Gasteiger partial charge in [0.1, 0.15) is 0 Å². The van der Waals surface area contributed by atoms with Crippen LogP contribution in [-0.2, 0) is 4.74 Å². The van der Waals surface area contributed by atoms with Crippen LogP contribution in [0.15, 0.2) is 12.3 Å². The first-order valence-electron chi connectivity index (χ1n) is 5.95. The maximum atomic E-state index is 12.7. The van der Waals surface area contributed by atoms with Gasteiger partial charge in [0.2, 0.25) is 0 Å². The van der Waals surface area contributed by atoms with Crippen molar-refractivity contribution in [2.24, 2.45) is 5.41 Å². The Morgan fingerprint density at radius 3 is 2.68 bits per heavy atom. The molecular formula is C13H16FNO4. The minimum absolute atomic E-state index is 0.137. The Hall–Kier alpha value is -1.85. The maximum Gasteiger partial charge on any atom is 0.356 e. The summed E-state index contributed by atoms with van der Waals surface area (Å²) >= 11 is 0. The third kappa shape index (κ3) is 2.94. The molecule has 1 saturated carbocycles. The standard InChI is InChI=1S/C13H16FNO4/c1-17-10-5-9(12(16)18-2)15-6-11(10)19-8-13(7-14)3-4-13/h5-6H,3-4,7-8H2,1-2H3. The molecule has 0 atom stereocenters. The molecule has 0 bridgehead atoms. The summed E-state index contributed by atoms with van der Waals surface area (Å²) in [5, 5.41) is 0. The van der Waals surface area contributed by atoms with Gasteiger partial charge < -0.3 is 14.2 Å². The van der Waals surface area contributed by atoms with Crippen LogP contribution in [0.25, 0.3) is 0 Å². The third-order valence-electron chi connectivity index (χ3n) is 3.22. The molecule has 0 aromatic carbocycles. The molecular weight excluding hydrogens is 253 g/mol. The van der Waals surface area contributed by atoms with E-state index in [0.29, 0.717) is 18.1 Å². The van der Waals surface area contributed by atoms with Crippen LogP contribution < -0.4 is 9.47 Å². The first-order valence-corrected chi connectivity index (χ1v) is 5.95. The van der Waals surface area contributed by atoms with Crippen molar-refractivity contribution in [2.45, 2.75) is 12.8 Å². The predicted molar refractivity (Wildman–Crippen MR) is 65.3 cm³/mol. The second kappa shape index (κ2) is 5.42. The summed E-state index contributed by atoms with van der Waals surface area (Å²) in [4.78, 5) is 15.3.